The van der Waals surface area contributed by atoms with E-state index in [9.17, 15) is 10.2 Å². The van der Waals surface area contributed by atoms with E-state index in [1.54, 1.807) is 12.1 Å². The molecule has 4 N–H and O–H groups in total. The summed E-state index contributed by atoms with van der Waals surface area (Å²) in [5.41, 5.74) is 15.1. The van der Waals surface area contributed by atoms with Gasteiger partial charge < -0.3 is 28.8 Å². The van der Waals surface area contributed by atoms with Crippen LogP contribution in [0.2, 0.25) is 0 Å². The first-order valence-corrected chi connectivity index (χ1v) is 35.5. The van der Waals surface area contributed by atoms with Gasteiger partial charge in [0.1, 0.15) is 29.6 Å². The zero-order valence-electron chi connectivity index (χ0n) is 62.8. The van der Waals surface area contributed by atoms with Gasteiger partial charge in [-0.05, 0) is 169 Å². The number of aliphatic hydroxyl groups is 2. The summed E-state index contributed by atoms with van der Waals surface area (Å²) in [5, 5.41) is 30.3. The Hall–Kier alpha value is -8.52. The molecule has 101 heavy (non-hydrogen) atoms. The van der Waals surface area contributed by atoms with Gasteiger partial charge in [-0.25, -0.2) is 8.78 Å². The summed E-state index contributed by atoms with van der Waals surface area (Å²) < 4.78 is 47.1. The molecule has 1 fully saturated rings. The maximum Gasteiger partial charge on any atom is 0.263 e. The Balaban J connectivity index is 0.000000655. The smallest absolute Gasteiger partial charge is 0.263 e. The summed E-state index contributed by atoms with van der Waals surface area (Å²) >= 11 is 0. The molecule has 0 bridgehead atoms. The van der Waals surface area contributed by atoms with Crippen molar-refractivity contribution >= 4 is 43.6 Å². The fourth-order valence-corrected chi connectivity index (χ4v) is 13.7. The molecule has 13 rings (SSSR count). The second-order valence-corrected chi connectivity index (χ2v) is 33.9. The van der Waals surface area contributed by atoms with Crippen LogP contribution < -0.4 is 0 Å². The van der Waals surface area contributed by atoms with Crippen LogP contribution in [-0.4, -0.2) is 41.0 Å². The van der Waals surface area contributed by atoms with Crippen LogP contribution in [-0.2, 0) is 58.7 Å². The molecule has 2 heterocycles. The first kappa shape index (κ1) is 75.2. The molecule has 0 aliphatic heterocycles. The third-order valence-corrected chi connectivity index (χ3v) is 19.8. The summed E-state index contributed by atoms with van der Waals surface area (Å²) in [4.78, 5) is 0. The Morgan fingerprint density at radius 2 is 0.634 bits per heavy atom. The number of hydrogen-bond acceptors (Lipinski definition) is 2. The molecule has 0 spiro atoms. The van der Waals surface area contributed by atoms with E-state index in [1.807, 2.05) is 72.8 Å². The van der Waals surface area contributed by atoms with E-state index in [-0.39, 0.29) is 82.4 Å². The average molecular weight is 1430 g/mol. The van der Waals surface area contributed by atoms with E-state index in [0.29, 0.717) is 51.5 Å². The molecule has 0 unspecified atom stereocenters. The predicted molar refractivity (Wildman–Crippen MR) is 419 cm³/mol. The number of rotatable bonds is 8. The van der Waals surface area contributed by atoms with Crippen molar-refractivity contribution < 1.29 is 54.7 Å². The van der Waals surface area contributed by atoms with Crippen LogP contribution >= 0.6 is 0 Å². The number of aromatic hydroxyl groups is 4. The monoisotopic (exact) mass is 1430 g/mol. The van der Waals surface area contributed by atoms with E-state index < -0.39 is 11.6 Å². The molecule has 524 valence electrons. The second kappa shape index (κ2) is 28.7. The molecular formula is C92H104F2N2O4Zr. The Morgan fingerprint density at radius 3 is 0.891 bits per heavy atom. The minimum absolute atomic E-state index is 0. The van der Waals surface area contributed by atoms with Gasteiger partial charge in [0.2, 0.25) is 0 Å². The standard InChI is InChI=1S/C78H88F2N2O4.2C7H7.Zr/c1-73(2,3)45-22-28-63-55(34-45)56-35-46(74(4,5)6)23-29-64(56)81(63)67-40-49(77(13,14)15)38-61(71(67)83)59-42-51(79)26-32-69(59)85-53-20-19-21-54(44-53)86-70-33-27-52(80)43-60(70)62-39-50(78(16,17)18)41-68(72(62)84)82-65-30-24-47(75(7,8)9)36-57(65)58-37-48(76(10,11)12)25-31-66(58)82;2*1-7-5-3-2-4-6-7;/h22-43,53-54,83-84H,19-21,44H2,1-18H3;2*2-6H,1H2;/q;2*-1;/p+2/t53-,54+;;;. The molecule has 0 radical (unpaired) electrons. The van der Waals surface area contributed by atoms with Crippen molar-refractivity contribution in [3.05, 3.63) is 264 Å². The average Bonchev–Trinajstić information content (AvgIpc) is 1.59. The van der Waals surface area contributed by atoms with Crippen molar-refractivity contribution in [1.82, 2.24) is 9.13 Å². The number of hydrogen-bond donors (Lipinski definition) is 2. The summed E-state index contributed by atoms with van der Waals surface area (Å²) in [5.74, 6) is 0.417. The predicted octanol–water partition coefficient (Wildman–Crippen LogP) is 24.9. The molecule has 2 atom stereocenters. The van der Waals surface area contributed by atoms with Gasteiger partial charge in [0.25, 0.3) is 11.5 Å². The van der Waals surface area contributed by atoms with Crippen LogP contribution in [0.1, 0.15) is 195 Å². The van der Waals surface area contributed by atoms with Crippen LogP contribution in [0.5, 0.6) is 23.0 Å². The van der Waals surface area contributed by atoms with Crippen LogP contribution in [0.3, 0.4) is 0 Å². The largest absolute Gasteiger partial charge is 0.580 e. The number of phenols is 2. The normalized spacial score (nSPS) is 14.7. The molecule has 0 amide bonds. The number of nitrogens with zero attached hydrogens (tertiary/aromatic N) is 2. The Morgan fingerprint density at radius 1 is 0.347 bits per heavy atom. The van der Waals surface area contributed by atoms with Crippen molar-refractivity contribution in [2.75, 3.05) is 0 Å². The molecule has 1 aliphatic carbocycles. The van der Waals surface area contributed by atoms with Gasteiger partial charge in [-0.1, -0.05) is 161 Å². The molecule has 2 aromatic heterocycles. The van der Waals surface area contributed by atoms with Crippen LogP contribution in [0.25, 0.3) is 77.2 Å². The fourth-order valence-electron chi connectivity index (χ4n) is 13.7. The van der Waals surface area contributed by atoms with Crippen molar-refractivity contribution in [3.63, 3.8) is 0 Å². The van der Waals surface area contributed by atoms with Gasteiger partial charge in [-0.15, -0.1) is 24.3 Å². The van der Waals surface area contributed by atoms with Gasteiger partial charge in [-0.3, -0.25) is 0 Å². The van der Waals surface area contributed by atoms with E-state index in [1.165, 1.54) is 46.5 Å². The molecule has 12 aromatic rings. The second-order valence-electron chi connectivity index (χ2n) is 33.9. The number of phenolic OH excluding ortho intramolecular Hbond substituents is 2. The Kier molecular flexibility index (Phi) is 21.4. The van der Waals surface area contributed by atoms with Gasteiger partial charge >= 0.3 is 0 Å². The quantitative estimate of drug-likeness (QED) is 0.117. The SMILES string of the molecule is CC(C)(C)c1cc(-c2cc(F)ccc2[OH+][C@@H]2CCC[C@H]([OH+]c3ccc(F)cc3-c3cc(C(C)(C)C)cc(-n4c5ccc(C(C)(C)C)cc5c5cc(C(C)(C)C)ccc54)c3O)C2)c(O)c(-n2c3ccc(C(C)(C)C)cc3c3cc(C(C)(C)C)ccc32)c1.[CH2-]c1ccccc1.[CH2-]c1ccccc1.[Zr]. The summed E-state index contributed by atoms with van der Waals surface area (Å²) in [6, 6.07) is 64.1. The van der Waals surface area contributed by atoms with E-state index in [4.69, 9.17) is 9.47 Å². The van der Waals surface area contributed by atoms with E-state index in [2.05, 4.69) is 233 Å². The minimum Gasteiger partial charge on any atom is -0.580 e. The topological polar surface area (TPSA) is 75.9 Å². The summed E-state index contributed by atoms with van der Waals surface area (Å²) in [6.45, 7) is 47.2. The van der Waals surface area contributed by atoms with Crippen molar-refractivity contribution in [2.24, 2.45) is 0 Å². The molecule has 10 aromatic carbocycles. The maximum atomic E-state index is 15.9. The number of aromatic nitrogens is 2. The van der Waals surface area contributed by atoms with Crippen molar-refractivity contribution in [3.8, 4) is 56.6 Å². The molecule has 1 aliphatic rings. The van der Waals surface area contributed by atoms with E-state index in [0.717, 1.165) is 85.1 Å². The van der Waals surface area contributed by atoms with Crippen LogP contribution in [0, 0.1) is 25.5 Å². The summed E-state index contributed by atoms with van der Waals surface area (Å²) in [6.07, 6.45) is 2.62. The zero-order valence-corrected chi connectivity index (χ0v) is 65.3. The molecule has 6 nitrogen and oxygen atoms in total. The van der Waals surface area contributed by atoms with Gasteiger partial charge in [0.05, 0.1) is 44.6 Å². The Bertz CT molecular complexity index is 4520. The van der Waals surface area contributed by atoms with Gasteiger partial charge in [0, 0.05) is 83.8 Å². The number of halogens is 2. The van der Waals surface area contributed by atoms with Gasteiger partial charge in [-0.2, -0.15) is 49.2 Å². The van der Waals surface area contributed by atoms with Gasteiger partial charge in [0.15, 0.2) is 12.2 Å². The maximum absolute atomic E-state index is 15.9. The zero-order chi connectivity index (χ0) is 72.3. The number of benzene rings is 10. The Labute approximate surface area is 618 Å². The minimum atomic E-state index is -0.424. The molecule has 9 heteroatoms. The van der Waals surface area contributed by atoms with Crippen molar-refractivity contribution in [1.29, 1.82) is 0 Å². The first-order chi connectivity index (χ1) is 46.8. The van der Waals surface area contributed by atoms with Crippen LogP contribution in [0.15, 0.2) is 194 Å². The van der Waals surface area contributed by atoms with Crippen LogP contribution in [0.4, 0.5) is 8.78 Å². The molecule has 1 saturated carbocycles. The first-order valence-electron chi connectivity index (χ1n) is 35.5. The number of ether oxygens (including phenoxy) is 2. The van der Waals surface area contributed by atoms with E-state index >= 15 is 8.78 Å². The summed E-state index contributed by atoms with van der Waals surface area (Å²) in [7, 11) is 0. The third kappa shape index (κ3) is 16.4. The number of fused-ring (bicyclic) bond motifs is 6. The molecular weight excluding hydrogens is 1330 g/mol. The van der Waals surface area contributed by atoms with Crippen molar-refractivity contribution in [2.45, 2.75) is 195 Å². The molecule has 0 saturated heterocycles. The third-order valence-electron chi connectivity index (χ3n) is 19.8. The fraction of sp³-hybridized carbons (Fsp3) is 0.326.